The lowest BCUT2D eigenvalue weighted by molar-refractivity contribution is 0.0930. The number of halogens is 1. The monoisotopic (exact) mass is 398 g/mol. The topological polar surface area (TPSA) is 54.3 Å². The summed E-state index contributed by atoms with van der Waals surface area (Å²) in [5, 5.41) is 8.10. The molecule has 0 fully saturated rings. The maximum atomic E-state index is 12.8. The Labute approximate surface area is 166 Å². The second-order valence-electron chi connectivity index (χ2n) is 7.29. The number of nitrogens with one attached hydrogen (secondary N) is 2. The zero-order chi connectivity index (χ0) is 18.5. The fraction of sp³-hybridized carbons (Fsp3) is 0.286. The van der Waals surface area contributed by atoms with Gasteiger partial charge < -0.3 is 15.1 Å². The molecule has 0 spiro atoms. The van der Waals surface area contributed by atoms with Crippen molar-refractivity contribution in [1.29, 1.82) is 0 Å². The van der Waals surface area contributed by atoms with Crippen LogP contribution in [0.1, 0.15) is 46.1 Å². The molecule has 0 saturated heterocycles. The molecular formula is C21H19ClN2O2S. The summed E-state index contributed by atoms with van der Waals surface area (Å²) in [5.74, 6) is 2.02. The summed E-state index contributed by atoms with van der Waals surface area (Å²) in [6.45, 7) is 2.27. The molecule has 0 radical (unpaired) electrons. The van der Waals surface area contributed by atoms with Gasteiger partial charge in [0.05, 0.1) is 10.6 Å². The molecule has 27 heavy (non-hydrogen) atoms. The Morgan fingerprint density at radius 3 is 2.89 bits per heavy atom. The van der Waals surface area contributed by atoms with Crippen molar-refractivity contribution in [1.82, 2.24) is 5.32 Å². The number of thiophene rings is 1. The Morgan fingerprint density at radius 1 is 1.19 bits per heavy atom. The Morgan fingerprint density at radius 2 is 2.04 bits per heavy atom. The highest BCUT2D eigenvalue weighted by Gasteiger charge is 2.34. The first-order valence-corrected chi connectivity index (χ1v) is 10.4. The van der Waals surface area contributed by atoms with Gasteiger partial charge >= 0.3 is 0 Å². The molecule has 2 N–H and O–H groups in total. The number of amides is 1. The van der Waals surface area contributed by atoms with Crippen LogP contribution in [0.5, 0.6) is 0 Å². The first-order chi connectivity index (χ1) is 13.1. The molecule has 1 aliphatic heterocycles. The first kappa shape index (κ1) is 16.9. The van der Waals surface area contributed by atoms with E-state index in [9.17, 15) is 4.79 Å². The van der Waals surface area contributed by atoms with Crippen molar-refractivity contribution in [3.63, 3.8) is 0 Å². The SMILES string of the molecule is C[C@H]1CCc2c(sc3c2C(=O)N[C@H](c2ccc(-c4ccccc4Cl)o2)N3)C1. The number of anilines is 1. The van der Waals surface area contributed by atoms with Crippen LogP contribution >= 0.6 is 22.9 Å². The maximum Gasteiger partial charge on any atom is 0.256 e. The molecule has 3 heterocycles. The molecule has 0 unspecified atom stereocenters. The van der Waals surface area contributed by atoms with Crippen molar-refractivity contribution in [2.24, 2.45) is 5.92 Å². The van der Waals surface area contributed by atoms with E-state index in [1.807, 2.05) is 36.4 Å². The molecule has 3 aromatic rings. The van der Waals surface area contributed by atoms with Crippen molar-refractivity contribution in [3.05, 3.63) is 63.2 Å². The highest BCUT2D eigenvalue weighted by Crippen LogP contribution is 2.43. The second-order valence-corrected chi connectivity index (χ2v) is 8.80. The summed E-state index contributed by atoms with van der Waals surface area (Å²) >= 11 is 7.98. The van der Waals surface area contributed by atoms with Gasteiger partial charge in [-0.3, -0.25) is 4.79 Å². The number of benzene rings is 1. The summed E-state index contributed by atoms with van der Waals surface area (Å²) in [6, 6.07) is 11.3. The summed E-state index contributed by atoms with van der Waals surface area (Å²) < 4.78 is 6.02. The van der Waals surface area contributed by atoms with Gasteiger partial charge in [0.15, 0.2) is 6.17 Å². The van der Waals surface area contributed by atoms with E-state index in [4.69, 9.17) is 16.0 Å². The molecule has 2 aromatic heterocycles. The Hall–Kier alpha value is -2.24. The molecular weight excluding hydrogens is 380 g/mol. The van der Waals surface area contributed by atoms with Gasteiger partial charge in [-0.25, -0.2) is 0 Å². The predicted octanol–water partition coefficient (Wildman–Crippen LogP) is 5.64. The van der Waals surface area contributed by atoms with E-state index < -0.39 is 0 Å². The van der Waals surface area contributed by atoms with Gasteiger partial charge in [0.25, 0.3) is 5.91 Å². The molecule has 6 heteroatoms. The summed E-state index contributed by atoms with van der Waals surface area (Å²) in [5.41, 5.74) is 2.90. The smallest absolute Gasteiger partial charge is 0.256 e. The maximum absolute atomic E-state index is 12.8. The zero-order valence-corrected chi connectivity index (χ0v) is 16.4. The molecule has 2 aliphatic rings. The third-order valence-electron chi connectivity index (χ3n) is 5.34. The second kappa shape index (κ2) is 6.43. The van der Waals surface area contributed by atoms with Crippen molar-refractivity contribution in [2.45, 2.75) is 32.4 Å². The summed E-state index contributed by atoms with van der Waals surface area (Å²) in [4.78, 5) is 14.2. The molecule has 2 atom stereocenters. The molecule has 0 bridgehead atoms. The Bertz CT molecular complexity index is 1040. The van der Waals surface area contributed by atoms with Crippen LogP contribution in [0.25, 0.3) is 11.3 Å². The quantitative estimate of drug-likeness (QED) is 0.587. The van der Waals surface area contributed by atoms with E-state index in [0.717, 1.165) is 35.4 Å². The standard InChI is InChI=1S/C21H19ClN2O2S/c1-11-6-7-13-17(10-11)27-21-18(13)20(25)23-19(24-21)16-9-8-15(26-16)12-4-2-3-5-14(12)22/h2-5,8-9,11,19,24H,6-7,10H2,1H3,(H,23,25)/t11-,19-/m0/s1. The Kier molecular flexibility index (Phi) is 4.02. The van der Waals surface area contributed by atoms with Crippen molar-refractivity contribution in [3.8, 4) is 11.3 Å². The van der Waals surface area contributed by atoms with Crippen LogP contribution in [-0.2, 0) is 12.8 Å². The van der Waals surface area contributed by atoms with E-state index in [-0.39, 0.29) is 12.1 Å². The largest absolute Gasteiger partial charge is 0.457 e. The van der Waals surface area contributed by atoms with Gasteiger partial charge in [-0.2, -0.15) is 0 Å². The van der Waals surface area contributed by atoms with Crippen molar-refractivity contribution < 1.29 is 9.21 Å². The number of carbonyl (C=O) groups is 1. The van der Waals surface area contributed by atoms with Crippen LogP contribution in [0.15, 0.2) is 40.8 Å². The van der Waals surface area contributed by atoms with Crippen LogP contribution in [-0.4, -0.2) is 5.91 Å². The average Bonchev–Trinajstić information content (AvgIpc) is 3.26. The van der Waals surface area contributed by atoms with Crippen LogP contribution in [0, 0.1) is 5.92 Å². The van der Waals surface area contributed by atoms with Crippen molar-refractivity contribution in [2.75, 3.05) is 5.32 Å². The number of hydrogen-bond donors (Lipinski definition) is 2. The number of hydrogen-bond acceptors (Lipinski definition) is 4. The van der Waals surface area contributed by atoms with Crippen LogP contribution < -0.4 is 10.6 Å². The fourth-order valence-corrected chi connectivity index (χ4v) is 5.58. The third-order valence-corrected chi connectivity index (χ3v) is 6.86. The van der Waals surface area contributed by atoms with E-state index in [0.29, 0.717) is 22.5 Å². The van der Waals surface area contributed by atoms with Gasteiger partial charge in [-0.1, -0.05) is 30.7 Å². The molecule has 1 amide bonds. The normalized spacial score (nSPS) is 21.2. The van der Waals surface area contributed by atoms with Crippen LogP contribution in [0.3, 0.4) is 0 Å². The minimum Gasteiger partial charge on any atom is -0.457 e. The number of fused-ring (bicyclic) bond motifs is 3. The fourth-order valence-electron chi connectivity index (χ4n) is 3.92. The van der Waals surface area contributed by atoms with Gasteiger partial charge in [0, 0.05) is 10.4 Å². The van der Waals surface area contributed by atoms with Gasteiger partial charge in [0.1, 0.15) is 16.5 Å². The highest BCUT2D eigenvalue weighted by atomic mass is 35.5. The van der Waals surface area contributed by atoms with Crippen LogP contribution in [0.2, 0.25) is 5.02 Å². The van der Waals surface area contributed by atoms with Gasteiger partial charge in [0.2, 0.25) is 0 Å². The van der Waals surface area contributed by atoms with E-state index in [1.54, 1.807) is 11.3 Å². The summed E-state index contributed by atoms with van der Waals surface area (Å²) in [7, 11) is 0. The molecule has 0 saturated carbocycles. The Balaban J connectivity index is 1.46. The van der Waals surface area contributed by atoms with Gasteiger partial charge in [-0.05, 0) is 55.0 Å². The molecule has 5 rings (SSSR count). The van der Waals surface area contributed by atoms with E-state index >= 15 is 0 Å². The first-order valence-electron chi connectivity index (χ1n) is 9.16. The molecule has 1 aliphatic carbocycles. The van der Waals surface area contributed by atoms with Gasteiger partial charge in [-0.15, -0.1) is 11.3 Å². The predicted molar refractivity (Wildman–Crippen MR) is 108 cm³/mol. The van der Waals surface area contributed by atoms with E-state index in [1.165, 1.54) is 10.4 Å². The number of furan rings is 1. The number of carbonyl (C=O) groups excluding carboxylic acids is 1. The molecule has 138 valence electrons. The average molecular weight is 399 g/mol. The lowest BCUT2D eigenvalue weighted by Crippen LogP contribution is -2.38. The minimum absolute atomic E-state index is 0.0171. The lowest BCUT2D eigenvalue weighted by atomic mass is 9.88. The highest BCUT2D eigenvalue weighted by molar-refractivity contribution is 7.16. The van der Waals surface area contributed by atoms with Crippen LogP contribution in [0.4, 0.5) is 5.00 Å². The number of rotatable bonds is 2. The van der Waals surface area contributed by atoms with E-state index in [2.05, 4.69) is 17.6 Å². The zero-order valence-electron chi connectivity index (χ0n) is 14.8. The molecule has 4 nitrogen and oxygen atoms in total. The third kappa shape index (κ3) is 2.86. The molecule has 1 aromatic carbocycles. The minimum atomic E-state index is -0.376. The lowest BCUT2D eigenvalue weighted by Gasteiger charge is -2.25. The summed E-state index contributed by atoms with van der Waals surface area (Å²) in [6.07, 6.45) is 2.81. The van der Waals surface area contributed by atoms with Crippen molar-refractivity contribution >= 4 is 33.8 Å².